The molecule has 0 radical (unpaired) electrons. The van der Waals surface area contributed by atoms with E-state index in [1.807, 2.05) is 29.1 Å². The highest BCUT2D eigenvalue weighted by atomic mass is 35.5. The minimum absolute atomic E-state index is 0.562. The van der Waals surface area contributed by atoms with Crippen molar-refractivity contribution < 1.29 is 0 Å². The molecular weight excluding hydrogens is 196 g/mol. The molecule has 0 fully saturated rings. The number of aromatic nitrogens is 2. The van der Waals surface area contributed by atoms with Crippen LogP contribution in [0.5, 0.6) is 0 Å². The second-order valence-electron chi connectivity index (χ2n) is 3.16. The highest BCUT2D eigenvalue weighted by Crippen LogP contribution is 2.08. The van der Waals surface area contributed by atoms with Crippen LogP contribution in [0.1, 0.15) is 11.1 Å². The first-order valence-electron chi connectivity index (χ1n) is 4.50. The summed E-state index contributed by atoms with van der Waals surface area (Å²) in [4.78, 5) is 0. The lowest BCUT2D eigenvalue weighted by Gasteiger charge is -2.03. The van der Waals surface area contributed by atoms with Crippen LogP contribution in [0.25, 0.3) is 0 Å². The summed E-state index contributed by atoms with van der Waals surface area (Å²) in [5.74, 6) is 0.562. The Labute approximate surface area is 88.1 Å². The molecular formula is C11H11ClN2. The van der Waals surface area contributed by atoms with Gasteiger partial charge in [-0.2, -0.15) is 5.10 Å². The van der Waals surface area contributed by atoms with Crippen molar-refractivity contribution in [1.82, 2.24) is 9.78 Å². The summed E-state index contributed by atoms with van der Waals surface area (Å²) in [6.07, 6.45) is 3.73. The van der Waals surface area contributed by atoms with E-state index in [9.17, 15) is 0 Å². The van der Waals surface area contributed by atoms with Gasteiger partial charge < -0.3 is 0 Å². The Hall–Kier alpha value is -1.28. The van der Waals surface area contributed by atoms with Gasteiger partial charge >= 0.3 is 0 Å². The molecule has 0 amide bonds. The lowest BCUT2D eigenvalue weighted by molar-refractivity contribution is 0.686. The van der Waals surface area contributed by atoms with E-state index >= 15 is 0 Å². The van der Waals surface area contributed by atoms with Gasteiger partial charge in [-0.1, -0.05) is 24.3 Å². The van der Waals surface area contributed by atoms with Crippen LogP contribution in [0, 0.1) is 0 Å². The highest BCUT2D eigenvalue weighted by molar-refractivity contribution is 6.17. The summed E-state index contributed by atoms with van der Waals surface area (Å²) in [6, 6.07) is 10.2. The Morgan fingerprint density at radius 3 is 2.79 bits per heavy atom. The minimum Gasteiger partial charge on any atom is -0.268 e. The molecule has 1 heterocycles. The summed E-state index contributed by atoms with van der Waals surface area (Å²) in [7, 11) is 0. The van der Waals surface area contributed by atoms with Gasteiger partial charge in [0.1, 0.15) is 0 Å². The van der Waals surface area contributed by atoms with E-state index in [4.69, 9.17) is 11.6 Å². The fourth-order valence-electron chi connectivity index (χ4n) is 1.39. The van der Waals surface area contributed by atoms with Crippen molar-refractivity contribution in [3.8, 4) is 0 Å². The molecule has 14 heavy (non-hydrogen) atoms. The lowest BCUT2D eigenvalue weighted by atomic mass is 10.1. The largest absolute Gasteiger partial charge is 0.268 e. The Balaban J connectivity index is 2.17. The van der Waals surface area contributed by atoms with Crippen molar-refractivity contribution in [2.24, 2.45) is 0 Å². The Bertz CT molecular complexity index is 395. The van der Waals surface area contributed by atoms with Crippen molar-refractivity contribution in [3.05, 3.63) is 53.9 Å². The second-order valence-corrected chi connectivity index (χ2v) is 3.42. The van der Waals surface area contributed by atoms with Crippen LogP contribution in [0.3, 0.4) is 0 Å². The SMILES string of the molecule is ClCc1cccc(Cn2cccn2)c1. The predicted octanol–water partition coefficient (Wildman–Crippen LogP) is 2.67. The van der Waals surface area contributed by atoms with Crippen molar-refractivity contribution >= 4 is 11.6 Å². The van der Waals surface area contributed by atoms with Crippen LogP contribution in [0.2, 0.25) is 0 Å². The Kier molecular flexibility index (Phi) is 2.84. The molecule has 0 spiro atoms. The third-order valence-electron chi connectivity index (χ3n) is 2.05. The van der Waals surface area contributed by atoms with E-state index in [1.54, 1.807) is 6.20 Å². The fourth-order valence-corrected chi connectivity index (χ4v) is 1.56. The van der Waals surface area contributed by atoms with Crippen molar-refractivity contribution in [2.75, 3.05) is 0 Å². The number of halogens is 1. The highest BCUT2D eigenvalue weighted by Gasteiger charge is 1.96. The number of nitrogens with zero attached hydrogens (tertiary/aromatic N) is 2. The Morgan fingerprint density at radius 2 is 2.07 bits per heavy atom. The fraction of sp³-hybridized carbons (Fsp3) is 0.182. The number of hydrogen-bond donors (Lipinski definition) is 0. The zero-order valence-electron chi connectivity index (χ0n) is 7.73. The van der Waals surface area contributed by atoms with Gasteiger partial charge in [0.15, 0.2) is 0 Å². The molecule has 0 aliphatic rings. The van der Waals surface area contributed by atoms with E-state index in [-0.39, 0.29) is 0 Å². The standard InChI is InChI=1S/C11H11ClN2/c12-8-10-3-1-4-11(7-10)9-14-6-2-5-13-14/h1-7H,8-9H2. The molecule has 0 atom stereocenters. The average Bonchev–Trinajstić information content (AvgIpc) is 2.71. The first-order chi connectivity index (χ1) is 6.88. The van der Waals surface area contributed by atoms with Crippen molar-refractivity contribution in [2.45, 2.75) is 12.4 Å². The number of rotatable bonds is 3. The van der Waals surface area contributed by atoms with E-state index < -0.39 is 0 Å². The molecule has 72 valence electrons. The van der Waals surface area contributed by atoms with Crippen LogP contribution in [-0.4, -0.2) is 9.78 Å². The van der Waals surface area contributed by atoms with E-state index in [0.717, 1.165) is 12.1 Å². The molecule has 0 unspecified atom stereocenters. The van der Waals surface area contributed by atoms with Crippen LogP contribution >= 0.6 is 11.6 Å². The van der Waals surface area contributed by atoms with Crippen LogP contribution in [0.4, 0.5) is 0 Å². The molecule has 0 N–H and O–H groups in total. The number of alkyl halides is 1. The molecule has 0 saturated carbocycles. The van der Waals surface area contributed by atoms with Crippen LogP contribution in [0.15, 0.2) is 42.7 Å². The van der Waals surface area contributed by atoms with Crippen LogP contribution in [-0.2, 0) is 12.4 Å². The van der Waals surface area contributed by atoms with Gasteiger partial charge in [0.2, 0.25) is 0 Å². The van der Waals surface area contributed by atoms with Gasteiger partial charge in [0.25, 0.3) is 0 Å². The summed E-state index contributed by atoms with van der Waals surface area (Å²) < 4.78 is 1.90. The molecule has 0 aliphatic heterocycles. The molecule has 0 saturated heterocycles. The molecule has 2 aromatic rings. The van der Waals surface area contributed by atoms with Gasteiger partial charge in [-0.15, -0.1) is 11.6 Å². The first-order valence-corrected chi connectivity index (χ1v) is 5.03. The third-order valence-corrected chi connectivity index (χ3v) is 2.36. The molecule has 0 bridgehead atoms. The molecule has 1 aromatic carbocycles. The summed E-state index contributed by atoms with van der Waals surface area (Å²) >= 11 is 5.76. The average molecular weight is 207 g/mol. The minimum atomic E-state index is 0.562. The third kappa shape index (κ3) is 2.15. The van der Waals surface area contributed by atoms with Gasteiger partial charge in [-0.25, -0.2) is 0 Å². The van der Waals surface area contributed by atoms with Crippen molar-refractivity contribution in [3.63, 3.8) is 0 Å². The van der Waals surface area contributed by atoms with E-state index in [1.165, 1.54) is 5.56 Å². The zero-order chi connectivity index (χ0) is 9.80. The van der Waals surface area contributed by atoms with Gasteiger partial charge in [-0.3, -0.25) is 4.68 Å². The molecule has 2 rings (SSSR count). The molecule has 3 heteroatoms. The zero-order valence-corrected chi connectivity index (χ0v) is 8.48. The number of hydrogen-bond acceptors (Lipinski definition) is 1. The van der Waals surface area contributed by atoms with Crippen LogP contribution < -0.4 is 0 Å². The van der Waals surface area contributed by atoms with Gasteiger partial charge in [0, 0.05) is 18.3 Å². The normalized spacial score (nSPS) is 10.4. The molecule has 0 aliphatic carbocycles. The van der Waals surface area contributed by atoms with Crippen molar-refractivity contribution in [1.29, 1.82) is 0 Å². The maximum Gasteiger partial charge on any atom is 0.0659 e. The number of benzene rings is 1. The summed E-state index contributed by atoms with van der Waals surface area (Å²) in [5, 5.41) is 4.15. The predicted molar refractivity (Wildman–Crippen MR) is 57.3 cm³/mol. The second kappa shape index (κ2) is 4.29. The summed E-state index contributed by atoms with van der Waals surface area (Å²) in [5.41, 5.74) is 2.38. The van der Waals surface area contributed by atoms with Gasteiger partial charge in [0.05, 0.1) is 6.54 Å². The lowest BCUT2D eigenvalue weighted by Crippen LogP contribution is -1.99. The Morgan fingerprint density at radius 1 is 1.21 bits per heavy atom. The molecule has 2 nitrogen and oxygen atoms in total. The molecule has 1 aromatic heterocycles. The van der Waals surface area contributed by atoms with E-state index in [0.29, 0.717) is 5.88 Å². The maximum absolute atomic E-state index is 5.76. The smallest absolute Gasteiger partial charge is 0.0659 e. The van der Waals surface area contributed by atoms with Gasteiger partial charge in [-0.05, 0) is 17.2 Å². The maximum atomic E-state index is 5.76. The topological polar surface area (TPSA) is 17.8 Å². The monoisotopic (exact) mass is 206 g/mol. The first kappa shape index (κ1) is 9.28. The summed E-state index contributed by atoms with van der Waals surface area (Å²) in [6.45, 7) is 0.803. The quantitative estimate of drug-likeness (QED) is 0.707. The van der Waals surface area contributed by atoms with E-state index in [2.05, 4.69) is 17.2 Å².